The van der Waals surface area contributed by atoms with Crippen LogP contribution in [-0.2, 0) is 6.18 Å². The molecule has 0 amide bonds. The predicted octanol–water partition coefficient (Wildman–Crippen LogP) is 5.34. The number of alkyl halides is 3. The second-order valence-corrected chi connectivity index (χ2v) is 6.46. The highest BCUT2D eigenvalue weighted by molar-refractivity contribution is 7.14. The van der Waals surface area contributed by atoms with Crippen LogP contribution in [0.2, 0.25) is 0 Å². The number of hydrogen-bond acceptors (Lipinski definition) is 5. The number of hydrogen-bond donors (Lipinski definition) is 1. The zero-order valence-corrected chi connectivity index (χ0v) is 14.2. The number of anilines is 2. The van der Waals surface area contributed by atoms with E-state index >= 15 is 0 Å². The molecule has 0 unspecified atom stereocenters. The fourth-order valence-electron chi connectivity index (χ4n) is 2.56. The first-order valence-electron chi connectivity index (χ1n) is 7.79. The van der Waals surface area contributed by atoms with Crippen molar-refractivity contribution in [3.8, 4) is 22.8 Å². The van der Waals surface area contributed by atoms with Crippen LogP contribution >= 0.6 is 11.3 Å². The molecule has 1 N–H and O–H groups in total. The number of thiazole rings is 1. The number of nitrogens with zero attached hydrogens (tertiary/aromatic N) is 1. The molecule has 1 aliphatic rings. The zero-order valence-electron chi connectivity index (χ0n) is 13.3. The maximum Gasteiger partial charge on any atom is 0.416 e. The van der Waals surface area contributed by atoms with E-state index in [1.54, 1.807) is 6.07 Å². The predicted molar refractivity (Wildman–Crippen MR) is 93.3 cm³/mol. The third-order valence-electron chi connectivity index (χ3n) is 3.78. The fraction of sp³-hybridized carbons (Fsp3) is 0.167. The highest BCUT2D eigenvalue weighted by atomic mass is 32.1. The van der Waals surface area contributed by atoms with E-state index in [0.717, 1.165) is 17.7 Å². The van der Waals surface area contributed by atoms with Gasteiger partial charge in [-0.3, -0.25) is 0 Å². The number of rotatable bonds is 3. The van der Waals surface area contributed by atoms with Gasteiger partial charge in [-0.1, -0.05) is 6.07 Å². The van der Waals surface area contributed by atoms with Crippen molar-refractivity contribution in [2.75, 3.05) is 18.5 Å². The molecule has 8 heteroatoms. The van der Waals surface area contributed by atoms with Crippen molar-refractivity contribution in [1.29, 1.82) is 0 Å². The molecular weight excluding hydrogens is 365 g/mol. The average Bonchev–Trinajstić information content (AvgIpc) is 3.09. The summed E-state index contributed by atoms with van der Waals surface area (Å²) in [4.78, 5) is 4.45. The van der Waals surface area contributed by atoms with Gasteiger partial charge in [0.2, 0.25) is 0 Å². The Hall–Kier alpha value is -2.74. The molecule has 1 aromatic heterocycles. The lowest BCUT2D eigenvalue weighted by molar-refractivity contribution is -0.137. The quantitative estimate of drug-likeness (QED) is 0.668. The Labute approximate surface area is 151 Å². The first-order valence-corrected chi connectivity index (χ1v) is 8.67. The normalized spacial score (nSPS) is 13.5. The van der Waals surface area contributed by atoms with E-state index in [2.05, 4.69) is 10.3 Å². The van der Waals surface area contributed by atoms with Gasteiger partial charge in [0.15, 0.2) is 16.6 Å². The fourth-order valence-corrected chi connectivity index (χ4v) is 3.30. The number of aromatic nitrogens is 1. The SMILES string of the molecule is FC(F)(F)c1cccc(Nc2nc(-c3ccc4c(c3)OCCO4)cs2)c1. The van der Waals surface area contributed by atoms with Crippen molar-refractivity contribution >= 4 is 22.2 Å². The third-order valence-corrected chi connectivity index (χ3v) is 4.54. The summed E-state index contributed by atoms with van der Waals surface area (Å²) < 4.78 is 49.5. The van der Waals surface area contributed by atoms with Crippen molar-refractivity contribution in [3.63, 3.8) is 0 Å². The van der Waals surface area contributed by atoms with Crippen LogP contribution in [0.4, 0.5) is 24.0 Å². The highest BCUT2D eigenvalue weighted by Crippen LogP contribution is 2.36. The summed E-state index contributed by atoms with van der Waals surface area (Å²) in [5.74, 6) is 1.35. The van der Waals surface area contributed by atoms with Crippen LogP contribution in [0.1, 0.15) is 5.56 Å². The van der Waals surface area contributed by atoms with Gasteiger partial charge in [0.05, 0.1) is 11.3 Å². The molecule has 2 aromatic carbocycles. The lowest BCUT2D eigenvalue weighted by Gasteiger charge is -2.18. The molecule has 0 bridgehead atoms. The molecule has 0 fully saturated rings. The molecule has 4 nitrogen and oxygen atoms in total. The molecule has 26 heavy (non-hydrogen) atoms. The molecular formula is C18H13F3N2O2S. The van der Waals surface area contributed by atoms with Gasteiger partial charge in [-0.15, -0.1) is 11.3 Å². The van der Waals surface area contributed by atoms with Gasteiger partial charge in [0.1, 0.15) is 13.2 Å². The number of halogens is 3. The van der Waals surface area contributed by atoms with E-state index in [4.69, 9.17) is 9.47 Å². The summed E-state index contributed by atoms with van der Waals surface area (Å²) in [5, 5.41) is 5.26. The third kappa shape index (κ3) is 3.45. The van der Waals surface area contributed by atoms with Crippen LogP contribution in [0.5, 0.6) is 11.5 Å². The smallest absolute Gasteiger partial charge is 0.416 e. The van der Waals surface area contributed by atoms with Crippen molar-refractivity contribution in [3.05, 3.63) is 53.4 Å². The first-order chi connectivity index (χ1) is 12.5. The summed E-state index contributed by atoms with van der Waals surface area (Å²) >= 11 is 1.31. The van der Waals surface area contributed by atoms with Crippen LogP contribution < -0.4 is 14.8 Å². The summed E-state index contributed by atoms with van der Waals surface area (Å²) in [6.07, 6.45) is -4.38. The number of ether oxygens (including phenoxy) is 2. The Kier molecular flexibility index (Phi) is 4.20. The molecule has 0 radical (unpaired) electrons. The minimum atomic E-state index is -4.38. The van der Waals surface area contributed by atoms with Gasteiger partial charge >= 0.3 is 6.18 Å². The van der Waals surface area contributed by atoms with E-state index in [1.165, 1.54) is 17.4 Å². The average molecular weight is 378 g/mol. The Morgan fingerprint density at radius 1 is 1.00 bits per heavy atom. The monoisotopic (exact) mass is 378 g/mol. The molecule has 0 aliphatic carbocycles. The number of nitrogens with one attached hydrogen (secondary N) is 1. The highest BCUT2D eigenvalue weighted by Gasteiger charge is 2.30. The summed E-state index contributed by atoms with van der Waals surface area (Å²) in [6, 6.07) is 10.6. The lowest BCUT2D eigenvalue weighted by Crippen LogP contribution is -2.15. The summed E-state index contributed by atoms with van der Waals surface area (Å²) in [7, 11) is 0. The second-order valence-electron chi connectivity index (χ2n) is 5.60. The standard InChI is InChI=1S/C18H13F3N2O2S/c19-18(20,21)12-2-1-3-13(9-12)22-17-23-14(10-26-17)11-4-5-15-16(8-11)25-7-6-24-15/h1-5,8-10H,6-7H2,(H,22,23). The van der Waals surface area contributed by atoms with E-state index in [-0.39, 0.29) is 0 Å². The number of benzene rings is 2. The van der Waals surface area contributed by atoms with Crippen LogP contribution in [0.3, 0.4) is 0 Å². The maximum atomic E-state index is 12.8. The molecule has 1 aliphatic heterocycles. The van der Waals surface area contributed by atoms with E-state index in [1.807, 2.05) is 23.6 Å². The summed E-state index contributed by atoms with van der Waals surface area (Å²) in [6.45, 7) is 1.02. The molecule has 3 aromatic rings. The molecule has 0 saturated heterocycles. The van der Waals surface area contributed by atoms with Gasteiger partial charge in [-0.05, 0) is 36.4 Å². The molecule has 134 valence electrons. The van der Waals surface area contributed by atoms with Crippen LogP contribution in [0.25, 0.3) is 11.3 Å². The van der Waals surface area contributed by atoms with Crippen molar-refractivity contribution in [2.45, 2.75) is 6.18 Å². The Bertz CT molecular complexity index is 940. The largest absolute Gasteiger partial charge is 0.486 e. The molecule has 0 saturated carbocycles. The van der Waals surface area contributed by atoms with Crippen LogP contribution in [0.15, 0.2) is 47.8 Å². The molecule has 0 spiro atoms. The van der Waals surface area contributed by atoms with Gasteiger partial charge in [0.25, 0.3) is 0 Å². The van der Waals surface area contributed by atoms with Gasteiger partial charge < -0.3 is 14.8 Å². The summed E-state index contributed by atoms with van der Waals surface area (Å²) in [5.41, 5.74) is 1.19. The Morgan fingerprint density at radius 2 is 1.81 bits per heavy atom. The van der Waals surface area contributed by atoms with E-state index in [9.17, 15) is 13.2 Å². The van der Waals surface area contributed by atoms with Gasteiger partial charge in [0, 0.05) is 16.6 Å². The van der Waals surface area contributed by atoms with Crippen LogP contribution in [-0.4, -0.2) is 18.2 Å². The maximum absolute atomic E-state index is 12.8. The zero-order chi connectivity index (χ0) is 18.1. The minimum absolute atomic E-state index is 0.336. The van der Waals surface area contributed by atoms with Gasteiger partial charge in [-0.2, -0.15) is 13.2 Å². The Balaban J connectivity index is 1.55. The van der Waals surface area contributed by atoms with Crippen LogP contribution in [0, 0.1) is 0 Å². The number of fused-ring (bicyclic) bond motifs is 1. The second kappa shape index (κ2) is 6.53. The van der Waals surface area contributed by atoms with E-state index in [0.29, 0.717) is 41.2 Å². The minimum Gasteiger partial charge on any atom is -0.486 e. The molecule has 2 heterocycles. The Morgan fingerprint density at radius 3 is 2.62 bits per heavy atom. The lowest BCUT2D eigenvalue weighted by atomic mass is 10.1. The molecule has 4 rings (SSSR count). The van der Waals surface area contributed by atoms with Crippen molar-refractivity contribution in [2.24, 2.45) is 0 Å². The van der Waals surface area contributed by atoms with Gasteiger partial charge in [-0.25, -0.2) is 4.98 Å². The topological polar surface area (TPSA) is 43.4 Å². The van der Waals surface area contributed by atoms with E-state index < -0.39 is 11.7 Å². The van der Waals surface area contributed by atoms with Crippen molar-refractivity contribution < 1.29 is 22.6 Å². The molecule has 0 atom stereocenters. The van der Waals surface area contributed by atoms with Crippen molar-refractivity contribution in [1.82, 2.24) is 4.98 Å². The first kappa shape index (κ1) is 16.7.